The maximum Gasteiger partial charge on any atom is 0.149 e. The van der Waals surface area contributed by atoms with E-state index in [2.05, 4.69) is 21.0 Å². The smallest absolute Gasteiger partial charge is 0.149 e. The summed E-state index contributed by atoms with van der Waals surface area (Å²) in [5, 5.41) is 10.2. The molecule has 0 saturated carbocycles. The van der Waals surface area contributed by atoms with Crippen LogP contribution >= 0.6 is 11.3 Å². The lowest BCUT2D eigenvalue weighted by Gasteiger charge is -1.91. The summed E-state index contributed by atoms with van der Waals surface area (Å²) in [5.74, 6) is 0.716. The Morgan fingerprint density at radius 2 is 2.24 bits per heavy atom. The van der Waals surface area contributed by atoms with Crippen LogP contribution in [0.3, 0.4) is 0 Å². The van der Waals surface area contributed by atoms with Gasteiger partial charge in [-0.2, -0.15) is 5.26 Å². The molecule has 5 heteroatoms. The van der Waals surface area contributed by atoms with E-state index in [0.717, 1.165) is 40.9 Å². The summed E-state index contributed by atoms with van der Waals surface area (Å²) in [7, 11) is 0. The van der Waals surface area contributed by atoms with Crippen molar-refractivity contribution in [2.75, 3.05) is 0 Å². The summed E-state index contributed by atoms with van der Waals surface area (Å²) in [6.07, 6.45) is 4.95. The van der Waals surface area contributed by atoms with Crippen molar-refractivity contribution in [2.45, 2.75) is 19.3 Å². The quantitative estimate of drug-likeness (QED) is 0.731. The summed E-state index contributed by atoms with van der Waals surface area (Å²) in [6, 6.07) is 10.2. The zero-order chi connectivity index (χ0) is 14.2. The van der Waals surface area contributed by atoms with E-state index in [4.69, 9.17) is 0 Å². The first-order valence-corrected chi connectivity index (χ1v) is 7.70. The first-order chi connectivity index (χ1) is 10.3. The summed E-state index contributed by atoms with van der Waals surface area (Å²) >= 11 is 1.64. The van der Waals surface area contributed by atoms with E-state index < -0.39 is 0 Å². The highest BCUT2D eigenvalue weighted by Crippen LogP contribution is 2.40. The predicted octanol–water partition coefficient (Wildman–Crippen LogP) is 3.74. The fourth-order valence-electron chi connectivity index (χ4n) is 2.75. The van der Waals surface area contributed by atoms with Crippen molar-refractivity contribution in [3.05, 3.63) is 46.1 Å². The van der Waals surface area contributed by atoms with E-state index in [-0.39, 0.29) is 0 Å². The first kappa shape index (κ1) is 12.3. The predicted molar refractivity (Wildman–Crippen MR) is 84.4 cm³/mol. The second-order valence-corrected chi connectivity index (χ2v) is 6.13. The number of nitrogens with one attached hydrogen (secondary N) is 1. The number of benzene rings is 1. The van der Waals surface area contributed by atoms with Crippen LogP contribution in [0.25, 0.3) is 11.0 Å². The third-order valence-electron chi connectivity index (χ3n) is 3.73. The number of H-pyrrole nitrogens is 1. The minimum atomic E-state index is 0.716. The second kappa shape index (κ2) is 4.83. The summed E-state index contributed by atoms with van der Waals surface area (Å²) < 4.78 is 0. The maximum atomic E-state index is 9.34. The number of rotatable bonds is 2. The molecule has 2 heterocycles. The van der Waals surface area contributed by atoms with Crippen LogP contribution in [0.1, 0.15) is 28.2 Å². The van der Waals surface area contributed by atoms with Crippen molar-refractivity contribution in [2.24, 2.45) is 4.99 Å². The molecule has 0 atom stereocenters. The van der Waals surface area contributed by atoms with Crippen LogP contribution in [0.15, 0.2) is 29.3 Å². The van der Waals surface area contributed by atoms with Gasteiger partial charge in [-0.3, -0.25) is 0 Å². The number of fused-ring (bicyclic) bond motifs is 2. The van der Waals surface area contributed by atoms with Crippen LogP contribution in [0.2, 0.25) is 0 Å². The van der Waals surface area contributed by atoms with Gasteiger partial charge in [-0.25, -0.2) is 9.98 Å². The molecule has 4 nitrogen and oxygen atoms in total. The molecule has 1 aliphatic carbocycles. The number of hydrogen-bond acceptors (Lipinski definition) is 4. The Bertz CT molecular complexity index is 862. The molecule has 0 saturated heterocycles. The molecule has 0 unspecified atom stereocenters. The Labute approximate surface area is 125 Å². The van der Waals surface area contributed by atoms with Crippen LogP contribution in [-0.2, 0) is 12.8 Å². The molecule has 2 aromatic heterocycles. The number of aryl methyl sites for hydroxylation is 1. The highest BCUT2D eigenvalue weighted by atomic mass is 32.1. The Kier molecular flexibility index (Phi) is 2.83. The van der Waals surface area contributed by atoms with E-state index in [1.54, 1.807) is 17.6 Å². The zero-order valence-corrected chi connectivity index (χ0v) is 12.1. The summed E-state index contributed by atoms with van der Waals surface area (Å²) in [5.41, 5.74) is 3.88. The Morgan fingerprint density at radius 1 is 1.33 bits per heavy atom. The fourth-order valence-corrected chi connectivity index (χ4v) is 3.93. The van der Waals surface area contributed by atoms with Gasteiger partial charge in [0, 0.05) is 4.88 Å². The Hall–Kier alpha value is -2.45. The summed E-state index contributed by atoms with van der Waals surface area (Å²) in [4.78, 5) is 13.5. The number of aromatic amines is 1. The van der Waals surface area contributed by atoms with Crippen molar-refractivity contribution in [3.8, 4) is 6.07 Å². The second-order valence-electron chi connectivity index (χ2n) is 5.05. The zero-order valence-electron chi connectivity index (χ0n) is 11.3. The van der Waals surface area contributed by atoms with E-state index in [0.29, 0.717) is 5.82 Å². The highest BCUT2D eigenvalue weighted by molar-refractivity contribution is 7.16. The van der Waals surface area contributed by atoms with Crippen LogP contribution < -0.4 is 0 Å². The van der Waals surface area contributed by atoms with Gasteiger partial charge in [0.1, 0.15) is 16.9 Å². The van der Waals surface area contributed by atoms with Gasteiger partial charge in [-0.15, -0.1) is 11.3 Å². The molecule has 4 rings (SSSR count). The van der Waals surface area contributed by atoms with Gasteiger partial charge in [-0.1, -0.05) is 12.1 Å². The first-order valence-electron chi connectivity index (χ1n) is 6.88. The monoisotopic (exact) mass is 292 g/mol. The largest absolute Gasteiger partial charge is 0.337 e. The standard InChI is InChI=1S/C16H12N4S/c17-8-11-10-4-3-7-14(10)21-16(11)18-9-15-19-12-5-1-2-6-13(12)20-15/h1-2,5-6,9H,3-4,7H2,(H,19,20). The SMILES string of the molecule is N#Cc1c(N=Cc2nc3ccccc3[nH]2)sc2c1CCC2. The highest BCUT2D eigenvalue weighted by Gasteiger charge is 2.21. The molecule has 3 aromatic rings. The van der Waals surface area contributed by atoms with Crippen molar-refractivity contribution < 1.29 is 0 Å². The molecule has 0 fully saturated rings. The number of aromatic nitrogens is 2. The lowest BCUT2D eigenvalue weighted by molar-refractivity contribution is 0.913. The normalized spacial score (nSPS) is 13.9. The molecule has 0 aliphatic heterocycles. The molecule has 0 radical (unpaired) electrons. The van der Waals surface area contributed by atoms with Crippen LogP contribution in [0.4, 0.5) is 5.00 Å². The van der Waals surface area contributed by atoms with Crippen molar-refractivity contribution in [3.63, 3.8) is 0 Å². The molecule has 1 aromatic carbocycles. The van der Waals surface area contributed by atoms with E-state index in [1.165, 1.54) is 10.4 Å². The maximum absolute atomic E-state index is 9.34. The minimum absolute atomic E-state index is 0.716. The molecular formula is C16H12N4S. The molecular weight excluding hydrogens is 280 g/mol. The van der Waals surface area contributed by atoms with Crippen LogP contribution in [0.5, 0.6) is 0 Å². The molecule has 0 spiro atoms. The van der Waals surface area contributed by atoms with E-state index >= 15 is 0 Å². The molecule has 21 heavy (non-hydrogen) atoms. The number of aliphatic imine (C=N–C) groups is 1. The lowest BCUT2D eigenvalue weighted by Crippen LogP contribution is -1.84. The Morgan fingerprint density at radius 3 is 3.10 bits per heavy atom. The number of para-hydroxylation sites is 2. The van der Waals surface area contributed by atoms with Gasteiger partial charge in [-0.05, 0) is 37.0 Å². The number of hydrogen-bond donors (Lipinski definition) is 1. The van der Waals surface area contributed by atoms with Crippen molar-refractivity contribution in [1.29, 1.82) is 5.26 Å². The molecule has 0 amide bonds. The number of imidazole rings is 1. The number of thiophene rings is 1. The molecule has 0 bridgehead atoms. The van der Waals surface area contributed by atoms with E-state index in [9.17, 15) is 5.26 Å². The molecule has 1 N–H and O–H groups in total. The fraction of sp³-hybridized carbons (Fsp3) is 0.188. The average molecular weight is 292 g/mol. The number of nitriles is 1. The molecule has 1 aliphatic rings. The van der Waals surface area contributed by atoms with Gasteiger partial charge in [0.05, 0.1) is 22.8 Å². The Balaban J connectivity index is 1.71. The van der Waals surface area contributed by atoms with Gasteiger partial charge >= 0.3 is 0 Å². The summed E-state index contributed by atoms with van der Waals surface area (Å²) in [6.45, 7) is 0. The van der Waals surface area contributed by atoms with Crippen molar-refractivity contribution in [1.82, 2.24) is 9.97 Å². The number of nitrogens with zero attached hydrogens (tertiary/aromatic N) is 3. The average Bonchev–Trinajstić information content (AvgIpc) is 3.17. The molecule has 102 valence electrons. The third-order valence-corrected chi connectivity index (χ3v) is 4.93. The lowest BCUT2D eigenvalue weighted by atomic mass is 10.1. The van der Waals surface area contributed by atoms with Crippen molar-refractivity contribution >= 4 is 33.6 Å². The topological polar surface area (TPSA) is 64.8 Å². The minimum Gasteiger partial charge on any atom is -0.337 e. The van der Waals surface area contributed by atoms with E-state index in [1.807, 2.05) is 24.3 Å². The van der Waals surface area contributed by atoms with Gasteiger partial charge in [0.15, 0.2) is 0 Å². The van der Waals surface area contributed by atoms with Crippen LogP contribution in [0, 0.1) is 11.3 Å². The third kappa shape index (κ3) is 2.05. The van der Waals surface area contributed by atoms with Gasteiger partial charge < -0.3 is 4.98 Å². The van der Waals surface area contributed by atoms with Gasteiger partial charge in [0.25, 0.3) is 0 Å². The van der Waals surface area contributed by atoms with Gasteiger partial charge in [0.2, 0.25) is 0 Å². The van der Waals surface area contributed by atoms with Crippen LogP contribution in [-0.4, -0.2) is 16.2 Å².